The van der Waals surface area contributed by atoms with Gasteiger partial charge in [0.1, 0.15) is 0 Å². The number of quaternary nitrogens is 1. The number of hydrogen-bond donors (Lipinski definition) is 1. The van der Waals surface area contributed by atoms with E-state index in [0.717, 1.165) is 6.54 Å². The minimum Gasteiger partial charge on any atom is -1.00 e. The Kier molecular flexibility index (Phi) is 77.9. The van der Waals surface area contributed by atoms with Gasteiger partial charge in [0, 0.05) is 0 Å². The minimum absolute atomic E-state index is 0. The summed E-state index contributed by atoms with van der Waals surface area (Å²) in [6.07, 6.45) is 5.41. The molecule has 0 spiro atoms. The van der Waals surface area contributed by atoms with Crippen molar-refractivity contribution in [3.05, 3.63) is 0 Å². The predicted molar refractivity (Wildman–Crippen MR) is 31.9 cm³/mol. The van der Waals surface area contributed by atoms with E-state index < -0.39 is 0 Å². The molecule has 0 unspecified atom stereocenters. The monoisotopic (exact) mass is 541 g/mol. The van der Waals surface area contributed by atoms with Gasteiger partial charge in [0.15, 0.2) is 0 Å². The van der Waals surface area contributed by atoms with Crippen LogP contribution in [0, 0.1) is 0 Å². The number of unbranched alkanes of at least 4 members (excludes halogenated alkanes) is 3. The Morgan fingerprint density at radius 1 is 0.909 bits per heavy atom. The van der Waals surface area contributed by atoms with E-state index in [4.69, 9.17) is 0 Å². The Balaban J connectivity index is -0.0000000300. The van der Waals surface area contributed by atoms with Crippen molar-refractivity contribution in [1.29, 1.82) is 0 Å². The zero-order chi connectivity index (χ0) is 5.54. The van der Waals surface area contributed by atoms with E-state index in [2.05, 4.69) is 12.7 Å². The average molecular weight is 542 g/mol. The molecule has 0 aromatic carbocycles. The molecule has 0 aliphatic heterocycles. The summed E-state index contributed by atoms with van der Waals surface area (Å²) in [5.41, 5.74) is 3.76. The van der Waals surface area contributed by atoms with Crippen LogP contribution in [0.4, 0.5) is 0 Å². The van der Waals surface area contributed by atoms with E-state index in [1.165, 1.54) is 25.7 Å². The van der Waals surface area contributed by atoms with Gasteiger partial charge in [0.25, 0.3) is 0 Å². The first-order valence-electron chi connectivity index (χ1n) is 3.21. The zero-order valence-corrected chi connectivity index (χ0v) is 14.2. The molecule has 0 radical (unpaired) electrons. The summed E-state index contributed by atoms with van der Waals surface area (Å²) in [6, 6.07) is 0. The summed E-state index contributed by atoms with van der Waals surface area (Å²) in [7, 11) is 0. The van der Waals surface area contributed by atoms with Crippen molar-refractivity contribution in [3.63, 3.8) is 0 Å². The van der Waals surface area contributed by atoms with Crippen LogP contribution in [0.15, 0.2) is 0 Å². The second-order valence-corrected chi connectivity index (χ2v) is 1.91. The molecule has 0 saturated carbocycles. The molecule has 0 atom stereocenters. The maximum Gasteiger partial charge on any atom is 2.00 e. The third-order valence-electron chi connectivity index (χ3n) is 1.10. The van der Waals surface area contributed by atoms with Crippen LogP contribution in [0.25, 0.3) is 0 Å². The van der Waals surface area contributed by atoms with Crippen molar-refractivity contribution < 1.29 is 94.2 Å². The van der Waals surface area contributed by atoms with Gasteiger partial charge in [-0.05, 0) is 12.8 Å². The fourth-order valence-electron chi connectivity index (χ4n) is 0.604. The molecule has 0 bridgehead atoms. The Bertz CT molecular complexity index is 37.0. The van der Waals surface area contributed by atoms with Crippen LogP contribution in [0.1, 0.15) is 32.6 Å². The van der Waals surface area contributed by atoms with Crippen molar-refractivity contribution in [2.45, 2.75) is 32.6 Å². The molecule has 0 aliphatic carbocycles. The Morgan fingerprint density at radius 3 is 1.64 bits per heavy atom. The SMILES string of the molecule is CCCCCC[NH3+].[I-].[I-].[I-].[Ni+2]. The molecule has 0 fully saturated rings. The molecule has 5 heteroatoms. The summed E-state index contributed by atoms with van der Waals surface area (Å²) >= 11 is 0. The van der Waals surface area contributed by atoms with Crippen LogP contribution in [-0.4, -0.2) is 6.54 Å². The third-order valence-corrected chi connectivity index (χ3v) is 1.10. The molecule has 76 valence electrons. The summed E-state index contributed by atoms with van der Waals surface area (Å²) in [5, 5.41) is 0. The third kappa shape index (κ3) is 32.5. The predicted octanol–water partition coefficient (Wildman–Crippen LogP) is -8.18. The molecule has 0 aromatic heterocycles. The summed E-state index contributed by atoms with van der Waals surface area (Å²) in [5.74, 6) is 0. The molecule has 0 heterocycles. The second-order valence-electron chi connectivity index (χ2n) is 1.91. The number of hydrogen-bond acceptors (Lipinski definition) is 0. The van der Waals surface area contributed by atoms with E-state index in [1.54, 1.807) is 0 Å². The van der Waals surface area contributed by atoms with E-state index >= 15 is 0 Å². The standard InChI is InChI=1S/C6H15N.3HI.Ni/c1-2-3-4-5-6-7;;;;/h2-7H2,1H3;3*1H;/q;;;;+2/p-2. The number of halogens is 3. The van der Waals surface area contributed by atoms with Crippen LogP contribution >= 0.6 is 0 Å². The van der Waals surface area contributed by atoms with Crippen LogP contribution in [0.2, 0.25) is 0 Å². The maximum absolute atomic E-state index is 3.76. The van der Waals surface area contributed by atoms with Gasteiger partial charge in [0.05, 0.1) is 6.54 Å². The first-order chi connectivity index (χ1) is 3.41. The molecule has 0 aliphatic rings. The number of rotatable bonds is 4. The zero-order valence-electron chi connectivity index (χ0n) is 6.69. The molecular weight excluding hydrogens is 525 g/mol. The summed E-state index contributed by atoms with van der Waals surface area (Å²) in [6.45, 7) is 3.34. The van der Waals surface area contributed by atoms with Gasteiger partial charge in [-0.3, -0.25) is 0 Å². The molecule has 0 saturated heterocycles. The van der Waals surface area contributed by atoms with E-state index in [0.29, 0.717) is 0 Å². The van der Waals surface area contributed by atoms with Gasteiger partial charge in [-0.15, -0.1) is 0 Å². The van der Waals surface area contributed by atoms with E-state index in [9.17, 15) is 0 Å². The van der Waals surface area contributed by atoms with E-state index in [1.807, 2.05) is 0 Å². The summed E-state index contributed by atoms with van der Waals surface area (Å²) in [4.78, 5) is 0. The van der Waals surface area contributed by atoms with Crippen LogP contribution < -0.4 is 77.7 Å². The first kappa shape index (κ1) is 29.2. The normalized spacial score (nSPS) is 6.00. The van der Waals surface area contributed by atoms with Crippen molar-refractivity contribution >= 4 is 0 Å². The Hall–Kier alpha value is 2.64. The first-order valence-corrected chi connectivity index (χ1v) is 3.21. The van der Waals surface area contributed by atoms with Crippen LogP contribution in [-0.2, 0) is 16.5 Å². The topological polar surface area (TPSA) is 27.6 Å². The van der Waals surface area contributed by atoms with Gasteiger partial charge in [-0.2, -0.15) is 0 Å². The molecule has 11 heavy (non-hydrogen) atoms. The second kappa shape index (κ2) is 29.3. The molecule has 0 aromatic rings. The Morgan fingerprint density at radius 2 is 1.36 bits per heavy atom. The van der Waals surface area contributed by atoms with Crippen molar-refractivity contribution in [2.24, 2.45) is 0 Å². The van der Waals surface area contributed by atoms with Crippen LogP contribution in [0.3, 0.4) is 0 Å². The average Bonchev–Trinajstić information content (AvgIpc) is 1.69. The molecular formula is C6H16I3NNi. The van der Waals surface area contributed by atoms with Crippen molar-refractivity contribution in [3.8, 4) is 0 Å². The van der Waals surface area contributed by atoms with Crippen molar-refractivity contribution in [2.75, 3.05) is 6.54 Å². The fraction of sp³-hybridized carbons (Fsp3) is 1.00. The largest absolute Gasteiger partial charge is 2.00 e. The van der Waals surface area contributed by atoms with Gasteiger partial charge in [-0.1, -0.05) is 19.8 Å². The molecule has 3 N–H and O–H groups in total. The van der Waals surface area contributed by atoms with Gasteiger partial charge < -0.3 is 77.7 Å². The molecule has 1 nitrogen and oxygen atoms in total. The van der Waals surface area contributed by atoms with Crippen LogP contribution in [0.5, 0.6) is 0 Å². The Labute approximate surface area is 131 Å². The van der Waals surface area contributed by atoms with Gasteiger partial charge >= 0.3 is 16.5 Å². The van der Waals surface area contributed by atoms with Gasteiger partial charge in [-0.25, -0.2) is 0 Å². The minimum atomic E-state index is 0. The molecule has 0 rings (SSSR count). The summed E-state index contributed by atoms with van der Waals surface area (Å²) < 4.78 is 0. The fourth-order valence-corrected chi connectivity index (χ4v) is 0.604. The molecule has 0 amide bonds. The smallest absolute Gasteiger partial charge is 1.00 e. The maximum atomic E-state index is 3.76. The van der Waals surface area contributed by atoms with E-state index in [-0.39, 0.29) is 88.4 Å². The van der Waals surface area contributed by atoms with Gasteiger partial charge in [0.2, 0.25) is 0 Å². The van der Waals surface area contributed by atoms with Crippen molar-refractivity contribution in [1.82, 2.24) is 0 Å². The quantitative estimate of drug-likeness (QED) is 0.208.